The molecule has 0 radical (unpaired) electrons. The van der Waals surface area contributed by atoms with Gasteiger partial charge in [-0.15, -0.1) is 15.3 Å². The highest BCUT2D eigenvalue weighted by atomic mass is 15.4. The van der Waals surface area contributed by atoms with Gasteiger partial charge in [-0.25, -0.2) is 0 Å². The summed E-state index contributed by atoms with van der Waals surface area (Å²) < 4.78 is 1.85. The van der Waals surface area contributed by atoms with Crippen LogP contribution in [0.4, 0.5) is 5.82 Å². The van der Waals surface area contributed by atoms with Gasteiger partial charge < -0.3 is 9.80 Å². The van der Waals surface area contributed by atoms with Crippen LogP contribution >= 0.6 is 0 Å². The Morgan fingerprint density at radius 2 is 1.71 bits per heavy atom. The highest BCUT2D eigenvalue weighted by Gasteiger charge is 2.23. The summed E-state index contributed by atoms with van der Waals surface area (Å²) in [6.45, 7) is 8.09. The predicted octanol–water partition coefficient (Wildman–Crippen LogP) is 2.53. The first-order valence-corrected chi connectivity index (χ1v) is 9.46. The second-order valence-corrected chi connectivity index (χ2v) is 7.35. The molecule has 0 saturated carbocycles. The molecule has 6 heteroatoms. The maximum atomic E-state index is 4.72. The van der Waals surface area contributed by atoms with E-state index in [2.05, 4.69) is 26.1 Å². The lowest BCUT2D eigenvalue weighted by Gasteiger charge is -2.35. The van der Waals surface area contributed by atoms with Crippen molar-refractivity contribution in [1.29, 1.82) is 0 Å². The summed E-state index contributed by atoms with van der Waals surface area (Å²) in [5.41, 5.74) is 0.826. The van der Waals surface area contributed by atoms with Crippen LogP contribution in [0.5, 0.6) is 0 Å². The van der Waals surface area contributed by atoms with E-state index in [9.17, 15) is 0 Å². The molecule has 0 N–H and O–H groups in total. The number of hydrogen-bond donors (Lipinski definition) is 0. The fraction of sp³-hybridized carbons (Fsp3) is 0.722. The minimum absolute atomic E-state index is 0.826. The Hall–Kier alpha value is -1.69. The fourth-order valence-electron chi connectivity index (χ4n) is 4.08. The van der Waals surface area contributed by atoms with Gasteiger partial charge in [0.1, 0.15) is 5.82 Å². The summed E-state index contributed by atoms with van der Waals surface area (Å²) in [4.78, 5) is 5.12. The van der Waals surface area contributed by atoms with Crippen LogP contribution < -0.4 is 4.90 Å². The van der Waals surface area contributed by atoms with Crippen LogP contribution in [0, 0.1) is 12.8 Å². The first kappa shape index (κ1) is 15.8. The van der Waals surface area contributed by atoms with Crippen molar-refractivity contribution in [2.45, 2.75) is 45.4 Å². The standard InChI is InChI=1S/C18H28N6/c1-15-19-20-17-6-7-18(21-24(15)17)23-12-8-16(9-13-23)14-22-10-4-2-3-5-11-22/h6-7,16H,2-5,8-14H2,1H3. The Morgan fingerprint density at radius 3 is 2.46 bits per heavy atom. The van der Waals surface area contributed by atoms with Gasteiger partial charge in [-0.2, -0.15) is 4.52 Å². The van der Waals surface area contributed by atoms with Gasteiger partial charge in [-0.1, -0.05) is 12.8 Å². The van der Waals surface area contributed by atoms with Gasteiger partial charge in [0, 0.05) is 19.6 Å². The summed E-state index contributed by atoms with van der Waals surface area (Å²) in [6.07, 6.45) is 8.17. The maximum Gasteiger partial charge on any atom is 0.178 e. The monoisotopic (exact) mass is 328 g/mol. The largest absolute Gasteiger partial charge is 0.355 e. The molecule has 2 aromatic heterocycles. The summed E-state index contributed by atoms with van der Waals surface area (Å²) in [5, 5.41) is 12.9. The van der Waals surface area contributed by atoms with Crippen LogP contribution in [0.2, 0.25) is 0 Å². The number of fused-ring (bicyclic) bond motifs is 1. The van der Waals surface area contributed by atoms with Crippen LogP contribution in [0.25, 0.3) is 5.65 Å². The van der Waals surface area contributed by atoms with Crippen molar-refractivity contribution < 1.29 is 0 Å². The Kier molecular flexibility index (Phi) is 4.65. The van der Waals surface area contributed by atoms with E-state index in [-0.39, 0.29) is 0 Å². The predicted molar refractivity (Wildman–Crippen MR) is 95.4 cm³/mol. The van der Waals surface area contributed by atoms with E-state index in [4.69, 9.17) is 5.10 Å². The zero-order valence-electron chi connectivity index (χ0n) is 14.7. The number of piperidine rings is 1. The molecule has 0 aliphatic carbocycles. The van der Waals surface area contributed by atoms with Gasteiger partial charge in [0.2, 0.25) is 0 Å². The minimum Gasteiger partial charge on any atom is -0.355 e. The van der Waals surface area contributed by atoms with Crippen molar-refractivity contribution in [3.8, 4) is 0 Å². The molecule has 130 valence electrons. The van der Waals surface area contributed by atoms with E-state index in [0.717, 1.165) is 36.3 Å². The van der Waals surface area contributed by atoms with Gasteiger partial charge in [-0.3, -0.25) is 0 Å². The molecule has 2 fully saturated rings. The summed E-state index contributed by atoms with van der Waals surface area (Å²) in [7, 11) is 0. The highest BCUT2D eigenvalue weighted by molar-refractivity contribution is 5.45. The molecule has 2 aromatic rings. The number of aromatic nitrogens is 4. The second kappa shape index (κ2) is 7.05. The van der Waals surface area contributed by atoms with Gasteiger partial charge in [0.05, 0.1) is 0 Å². The average molecular weight is 328 g/mol. The third kappa shape index (κ3) is 3.38. The number of nitrogens with zero attached hydrogens (tertiary/aromatic N) is 6. The third-order valence-corrected chi connectivity index (χ3v) is 5.56. The van der Waals surface area contributed by atoms with E-state index >= 15 is 0 Å². The molecular formula is C18H28N6. The Balaban J connectivity index is 1.35. The summed E-state index contributed by atoms with van der Waals surface area (Å²) >= 11 is 0. The van der Waals surface area contributed by atoms with Crippen molar-refractivity contribution in [1.82, 2.24) is 24.7 Å². The van der Waals surface area contributed by atoms with Crippen LogP contribution in [0.1, 0.15) is 44.3 Å². The third-order valence-electron chi connectivity index (χ3n) is 5.56. The molecule has 0 unspecified atom stereocenters. The SMILES string of the molecule is Cc1nnc2ccc(N3CCC(CN4CCCCCC4)CC3)nn12. The molecule has 6 nitrogen and oxygen atoms in total. The number of hydrogen-bond acceptors (Lipinski definition) is 5. The van der Waals surface area contributed by atoms with E-state index in [1.807, 2.05) is 17.5 Å². The molecule has 2 aliphatic rings. The molecule has 0 atom stereocenters. The number of anilines is 1. The number of rotatable bonds is 3. The molecular weight excluding hydrogens is 300 g/mol. The first-order chi connectivity index (χ1) is 11.8. The van der Waals surface area contributed by atoms with Gasteiger partial charge in [0.25, 0.3) is 0 Å². The van der Waals surface area contributed by atoms with Crippen molar-refractivity contribution in [2.24, 2.45) is 5.92 Å². The molecule has 2 aliphatic heterocycles. The molecule has 4 heterocycles. The quantitative estimate of drug-likeness (QED) is 0.866. The zero-order valence-corrected chi connectivity index (χ0v) is 14.7. The Labute approximate surface area is 143 Å². The van der Waals surface area contributed by atoms with E-state index in [1.165, 1.54) is 58.2 Å². The fourth-order valence-corrected chi connectivity index (χ4v) is 4.08. The smallest absolute Gasteiger partial charge is 0.178 e. The lowest BCUT2D eigenvalue weighted by Crippen LogP contribution is -2.39. The molecule has 0 aromatic carbocycles. The van der Waals surface area contributed by atoms with Gasteiger partial charge in [0.15, 0.2) is 11.5 Å². The highest BCUT2D eigenvalue weighted by Crippen LogP contribution is 2.23. The van der Waals surface area contributed by atoms with Crippen molar-refractivity contribution >= 4 is 11.5 Å². The van der Waals surface area contributed by atoms with Crippen molar-refractivity contribution in [3.63, 3.8) is 0 Å². The molecule has 0 bridgehead atoms. The maximum absolute atomic E-state index is 4.72. The van der Waals surface area contributed by atoms with E-state index in [0.29, 0.717) is 0 Å². The van der Waals surface area contributed by atoms with Gasteiger partial charge in [-0.05, 0) is 63.7 Å². The molecule has 24 heavy (non-hydrogen) atoms. The minimum atomic E-state index is 0.826. The van der Waals surface area contributed by atoms with Gasteiger partial charge >= 0.3 is 0 Å². The Bertz CT molecular complexity index is 665. The van der Waals surface area contributed by atoms with Crippen molar-refractivity contribution in [2.75, 3.05) is 37.6 Å². The molecule has 0 spiro atoms. The van der Waals surface area contributed by atoms with Crippen LogP contribution in [-0.4, -0.2) is 57.4 Å². The Morgan fingerprint density at radius 1 is 0.958 bits per heavy atom. The number of likely N-dealkylation sites (tertiary alicyclic amines) is 1. The lowest BCUT2D eigenvalue weighted by atomic mass is 9.96. The number of aryl methyl sites for hydroxylation is 1. The second-order valence-electron chi connectivity index (χ2n) is 7.35. The van der Waals surface area contributed by atoms with Crippen molar-refractivity contribution in [3.05, 3.63) is 18.0 Å². The van der Waals surface area contributed by atoms with E-state index < -0.39 is 0 Å². The summed E-state index contributed by atoms with van der Waals surface area (Å²) in [6, 6.07) is 4.10. The topological polar surface area (TPSA) is 49.6 Å². The van der Waals surface area contributed by atoms with Crippen LogP contribution in [0.3, 0.4) is 0 Å². The van der Waals surface area contributed by atoms with Crippen LogP contribution in [-0.2, 0) is 0 Å². The molecule has 0 amide bonds. The first-order valence-electron chi connectivity index (χ1n) is 9.46. The van der Waals surface area contributed by atoms with Crippen LogP contribution in [0.15, 0.2) is 12.1 Å². The normalized spacial score (nSPS) is 21.3. The summed E-state index contributed by atoms with van der Waals surface area (Å²) in [5.74, 6) is 2.75. The average Bonchev–Trinajstić information content (AvgIpc) is 2.82. The lowest BCUT2D eigenvalue weighted by molar-refractivity contribution is 0.217. The molecule has 4 rings (SSSR count). The molecule has 2 saturated heterocycles. The van der Waals surface area contributed by atoms with E-state index in [1.54, 1.807) is 0 Å². The zero-order chi connectivity index (χ0) is 16.4.